The summed E-state index contributed by atoms with van der Waals surface area (Å²) in [7, 11) is 0. The molecule has 4 aliphatic rings. The number of nitrogens with one attached hydrogen (secondary N) is 2. The molecule has 0 heterocycles. The lowest BCUT2D eigenvalue weighted by molar-refractivity contribution is 0.0234. The van der Waals surface area contributed by atoms with Crippen LogP contribution in [0.25, 0.3) is 0 Å². The summed E-state index contributed by atoms with van der Waals surface area (Å²) >= 11 is 0. The molecule has 0 aliphatic heterocycles. The molecule has 2 saturated carbocycles. The van der Waals surface area contributed by atoms with Gasteiger partial charge in [-0.25, -0.2) is 0 Å². The molecule has 2 aromatic rings. The quantitative estimate of drug-likeness (QED) is 0.258. The molecule has 0 radical (unpaired) electrons. The zero-order valence-corrected chi connectivity index (χ0v) is 32.6. The molecule has 0 spiro atoms. The molecular weight excluding hydrogens is 619 g/mol. The van der Waals surface area contributed by atoms with Crippen molar-refractivity contribution < 1.29 is 5.48 Å². The van der Waals surface area contributed by atoms with Crippen LogP contribution in [0.15, 0.2) is 36.4 Å². The van der Waals surface area contributed by atoms with E-state index in [2.05, 4.69) is 102 Å². The Kier molecular flexibility index (Phi) is 13.2. The van der Waals surface area contributed by atoms with Gasteiger partial charge in [0.1, 0.15) is 0 Å². The number of hydrogen-bond acceptors (Lipinski definition) is 2. The van der Waals surface area contributed by atoms with E-state index in [0.29, 0.717) is 33.5 Å². The summed E-state index contributed by atoms with van der Waals surface area (Å²) < 4.78 is 0. The van der Waals surface area contributed by atoms with Crippen molar-refractivity contribution in [1.82, 2.24) is 10.6 Å². The van der Waals surface area contributed by atoms with E-state index in [1.54, 1.807) is 22.3 Å². The first kappa shape index (κ1) is 40.3. The van der Waals surface area contributed by atoms with E-state index in [4.69, 9.17) is 0 Å². The van der Waals surface area contributed by atoms with E-state index >= 15 is 0 Å². The van der Waals surface area contributed by atoms with Gasteiger partial charge in [0.2, 0.25) is 0 Å². The Morgan fingerprint density at radius 1 is 0.617 bits per heavy atom. The molecule has 2 aromatic carbocycles. The van der Waals surface area contributed by atoms with Gasteiger partial charge in [-0.2, -0.15) is 0 Å². The van der Waals surface area contributed by atoms with Crippen LogP contribution in [0, 0.1) is 22.7 Å². The highest BCUT2D eigenvalue weighted by Crippen LogP contribution is 2.58. The SMILES string of the molecule is CC(C)c1ccc2c(c1)CC[C@H]1[C@](C)(CNCCNC[C@]3(C)CCC[C@]4(C)c5ccc(C(C)C)cc5CC[C@@H]34)CCC[C@]21C.Cl.Cl.O. The maximum Gasteiger partial charge on any atom is 0.00769 e. The number of benzene rings is 2. The van der Waals surface area contributed by atoms with Gasteiger partial charge in [-0.1, -0.05) is 105 Å². The third kappa shape index (κ3) is 7.37. The Hall–Kier alpha value is -1.10. The molecule has 6 atom stereocenters. The van der Waals surface area contributed by atoms with Crippen LogP contribution in [0.1, 0.15) is 152 Å². The number of fused-ring (bicyclic) bond motifs is 6. The lowest BCUT2D eigenvalue weighted by Gasteiger charge is -2.56. The molecule has 0 amide bonds. The van der Waals surface area contributed by atoms with Gasteiger partial charge in [-0.3, -0.25) is 0 Å². The molecule has 3 nitrogen and oxygen atoms in total. The first-order valence-corrected chi connectivity index (χ1v) is 18.6. The molecule has 5 heteroatoms. The van der Waals surface area contributed by atoms with E-state index in [1.165, 1.54) is 75.3 Å². The van der Waals surface area contributed by atoms with Gasteiger partial charge in [0.05, 0.1) is 0 Å². The Balaban J connectivity index is 0.00000200. The fourth-order valence-electron chi connectivity index (χ4n) is 11.4. The Bertz CT molecular complexity index is 1240. The van der Waals surface area contributed by atoms with E-state index in [1.807, 2.05) is 0 Å². The number of rotatable bonds is 9. The lowest BCUT2D eigenvalue weighted by Crippen LogP contribution is -2.54. The smallest absolute Gasteiger partial charge is 0.00769 e. The van der Waals surface area contributed by atoms with Crippen molar-refractivity contribution in [1.29, 1.82) is 0 Å². The highest BCUT2D eigenvalue weighted by Gasteiger charge is 2.52. The Morgan fingerprint density at radius 2 is 1.00 bits per heavy atom. The van der Waals surface area contributed by atoms with Crippen LogP contribution in [-0.4, -0.2) is 31.7 Å². The third-order valence-electron chi connectivity index (χ3n) is 13.9. The molecule has 0 bridgehead atoms. The Morgan fingerprint density at radius 3 is 1.36 bits per heavy atom. The predicted molar refractivity (Wildman–Crippen MR) is 207 cm³/mol. The molecule has 6 rings (SSSR count). The van der Waals surface area contributed by atoms with Gasteiger partial charge in [-0.15, -0.1) is 24.8 Å². The summed E-state index contributed by atoms with van der Waals surface area (Å²) in [5.74, 6) is 2.77. The second-order valence-corrected chi connectivity index (χ2v) is 17.5. The van der Waals surface area contributed by atoms with Crippen molar-refractivity contribution in [3.8, 4) is 0 Å². The number of halogens is 2. The van der Waals surface area contributed by atoms with Crippen LogP contribution >= 0.6 is 24.8 Å². The second-order valence-electron chi connectivity index (χ2n) is 17.5. The summed E-state index contributed by atoms with van der Waals surface area (Å²) in [6.45, 7) is 24.2. The van der Waals surface area contributed by atoms with Crippen molar-refractivity contribution in [2.75, 3.05) is 26.2 Å². The van der Waals surface area contributed by atoms with Crippen LogP contribution in [-0.2, 0) is 23.7 Å². The summed E-state index contributed by atoms with van der Waals surface area (Å²) in [5.41, 5.74) is 11.1. The topological polar surface area (TPSA) is 55.6 Å². The molecule has 4 N–H and O–H groups in total. The maximum atomic E-state index is 3.97. The minimum absolute atomic E-state index is 0. The first-order chi connectivity index (χ1) is 20.9. The summed E-state index contributed by atoms with van der Waals surface area (Å²) in [4.78, 5) is 0. The monoisotopic (exact) mass is 686 g/mol. The minimum Gasteiger partial charge on any atom is -0.412 e. The third-order valence-corrected chi connectivity index (χ3v) is 13.9. The van der Waals surface area contributed by atoms with Gasteiger partial charge >= 0.3 is 0 Å². The van der Waals surface area contributed by atoms with Crippen molar-refractivity contribution >= 4 is 24.8 Å². The van der Waals surface area contributed by atoms with Crippen molar-refractivity contribution in [3.05, 3.63) is 69.8 Å². The van der Waals surface area contributed by atoms with Gasteiger partial charge in [-0.05, 0) is 130 Å². The molecule has 266 valence electrons. The molecule has 2 fully saturated rings. The molecule has 0 unspecified atom stereocenters. The normalized spacial score (nSPS) is 32.6. The van der Waals surface area contributed by atoms with Crippen LogP contribution in [0.4, 0.5) is 0 Å². The average Bonchev–Trinajstić information content (AvgIpc) is 2.98. The van der Waals surface area contributed by atoms with Gasteiger partial charge in [0.15, 0.2) is 0 Å². The van der Waals surface area contributed by atoms with Crippen molar-refractivity contribution in [2.45, 2.75) is 142 Å². The summed E-state index contributed by atoms with van der Waals surface area (Å²) in [6.07, 6.45) is 13.4. The second kappa shape index (κ2) is 15.4. The highest BCUT2D eigenvalue weighted by atomic mass is 35.5. The number of hydrogen-bond donors (Lipinski definition) is 2. The van der Waals surface area contributed by atoms with Gasteiger partial charge < -0.3 is 16.1 Å². The van der Waals surface area contributed by atoms with E-state index in [9.17, 15) is 0 Å². The van der Waals surface area contributed by atoms with Gasteiger partial charge in [0.25, 0.3) is 0 Å². The van der Waals surface area contributed by atoms with Gasteiger partial charge in [0, 0.05) is 26.2 Å². The lowest BCUT2D eigenvalue weighted by atomic mass is 9.49. The number of aryl methyl sites for hydroxylation is 2. The zero-order chi connectivity index (χ0) is 31.3. The van der Waals surface area contributed by atoms with Crippen molar-refractivity contribution in [2.24, 2.45) is 22.7 Å². The largest absolute Gasteiger partial charge is 0.412 e. The van der Waals surface area contributed by atoms with Crippen LogP contribution in [0.3, 0.4) is 0 Å². The average molecular weight is 688 g/mol. The van der Waals surface area contributed by atoms with E-state index in [0.717, 1.165) is 38.0 Å². The van der Waals surface area contributed by atoms with Crippen LogP contribution in [0.2, 0.25) is 0 Å². The molecule has 0 aromatic heterocycles. The molecule has 4 aliphatic carbocycles. The standard InChI is InChI=1S/C42H64N2.2ClH.H2O/c1-29(2)31-11-15-35-33(25-31)13-17-37-39(5,19-9-21-41(35,37)7)27-43-23-24-44-28-40(6)20-10-22-42(8)36-16-12-32(30(3)4)26-34(36)14-18-38(40)42;;;/h11-12,15-16,25-26,29-30,37-38,43-44H,9-10,13-14,17-24,27-28H2,1-8H3;2*1H;1H2/t37-,38-,39-,40-,41+,42+;;;/m0.../s1. The van der Waals surface area contributed by atoms with Crippen LogP contribution < -0.4 is 10.6 Å². The maximum absolute atomic E-state index is 3.97. The van der Waals surface area contributed by atoms with E-state index < -0.39 is 0 Å². The fraction of sp³-hybridized carbons (Fsp3) is 0.714. The summed E-state index contributed by atoms with van der Waals surface area (Å²) in [5, 5.41) is 7.95. The highest BCUT2D eigenvalue weighted by molar-refractivity contribution is 5.85. The molecular formula is C42H68Cl2N2O. The zero-order valence-electron chi connectivity index (χ0n) is 31.0. The predicted octanol–water partition coefficient (Wildman–Crippen LogP) is 9.85. The Labute approximate surface area is 300 Å². The summed E-state index contributed by atoms with van der Waals surface area (Å²) in [6, 6.07) is 15.0. The van der Waals surface area contributed by atoms with E-state index in [-0.39, 0.29) is 30.3 Å². The minimum atomic E-state index is 0. The van der Waals surface area contributed by atoms with Crippen molar-refractivity contribution in [3.63, 3.8) is 0 Å². The fourth-order valence-corrected chi connectivity index (χ4v) is 11.4. The first-order valence-electron chi connectivity index (χ1n) is 18.6. The van der Waals surface area contributed by atoms with Crippen LogP contribution in [0.5, 0.6) is 0 Å². The molecule has 47 heavy (non-hydrogen) atoms. The molecule has 0 saturated heterocycles.